The summed E-state index contributed by atoms with van der Waals surface area (Å²) in [4.78, 5) is 0. The minimum atomic E-state index is 0.0233. The Morgan fingerprint density at radius 3 is 1.64 bits per heavy atom. The lowest BCUT2D eigenvalue weighted by Crippen LogP contribution is -2.11. The summed E-state index contributed by atoms with van der Waals surface area (Å²) >= 11 is 10.7. The van der Waals surface area contributed by atoms with Crippen molar-refractivity contribution in [3.8, 4) is 0 Å². The van der Waals surface area contributed by atoms with Crippen molar-refractivity contribution in [2.75, 3.05) is 11.8 Å². The number of hydrogen-bond acceptors (Lipinski definition) is 3. The van der Waals surface area contributed by atoms with E-state index in [1.54, 1.807) is 0 Å². The van der Waals surface area contributed by atoms with Crippen molar-refractivity contribution in [2.45, 2.75) is 12.8 Å². The Kier molecular flexibility index (Phi) is 6.27. The van der Waals surface area contributed by atoms with E-state index in [4.69, 9.17) is 38.8 Å². The Balaban J connectivity index is 3.49. The molecule has 0 saturated carbocycles. The molecule has 0 bridgehead atoms. The van der Waals surface area contributed by atoms with Gasteiger partial charge in [-0.25, -0.2) is 0 Å². The van der Waals surface area contributed by atoms with Crippen LogP contribution in [0.3, 0.4) is 0 Å². The maximum atomic E-state index is 7.11. The fourth-order valence-electron chi connectivity index (χ4n) is 0.422. The van der Waals surface area contributed by atoms with E-state index in [0.29, 0.717) is 24.6 Å². The van der Waals surface area contributed by atoms with Gasteiger partial charge in [-0.3, -0.25) is 10.8 Å². The third-order valence-electron chi connectivity index (χ3n) is 0.890. The summed E-state index contributed by atoms with van der Waals surface area (Å²) in [5.74, 6) is 0.727. The van der Waals surface area contributed by atoms with E-state index in [2.05, 4.69) is 0 Å². The van der Waals surface area contributed by atoms with Crippen LogP contribution in [0.5, 0.6) is 0 Å². The van der Waals surface area contributed by atoms with E-state index in [1.807, 2.05) is 0 Å². The Hall–Kier alpha value is -0.280. The summed E-state index contributed by atoms with van der Waals surface area (Å²) in [6.07, 6.45) is 0.707. The van der Waals surface area contributed by atoms with Gasteiger partial charge in [0.2, 0.25) is 0 Å². The highest BCUT2D eigenvalue weighted by molar-refractivity contribution is 6.19. The van der Waals surface area contributed by atoms with Gasteiger partial charge in [-0.1, -0.05) is 0 Å². The predicted octanol–water partition coefficient (Wildman–Crippen LogP) is 2.22. The lowest BCUT2D eigenvalue weighted by Gasteiger charge is -2.04. The van der Waals surface area contributed by atoms with Gasteiger partial charge in [0.25, 0.3) is 0 Å². The summed E-state index contributed by atoms with van der Waals surface area (Å²) in [5.41, 5.74) is 0. The average molecular weight is 197 g/mol. The van der Waals surface area contributed by atoms with Gasteiger partial charge in [0, 0.05) is 24.6 Å². The number of alkyl halides is 2. The first kappa shape index (κ1) is 10.7. The van der Waals surface area contributed by atoms with Crippen LogP contribution in [0.2, 0.25) is 0 Å². The lowest BCUT2D eigenvalue weighted by molar-refractivity contribution is 0.505. The molecule has 5 heteroatoms. The van der Waals surface area contributed by atoms with E-state index < -0.39 is 0 Å². The molecule has 0 aliphatic rings. The molecule has 0 atom stereocenters. The number of rotatable bonds is 4. The molecule has 2 N–H and O–H groups in total. The molecule has 0 aliphatic heterocycles. The molecule has 0 radical (unpaired) electrons. The summed E-state index contributed by atoms with van der Waals surface area (Å²) in [5, 5.41) is 14.2. The van der Waals surface area contributed by atoms with Crippen LogP contribution >= 0.6 is 23.2 Å². The molecular formula is C6H10Cl2N2O. The molecule has 0 spiro atoms. The molecule has 0 rings (SSSR count). The highest BCUT2D eigenvalue weighted by atomic mass is 35.5. The van der Waals surface area contributed by atoms with E-state index >= 15 is 0 Å². The van der Waals surface area contributed by atoms with Crippen molar-refractivity contribution in [1.29, 1.82) is 10.8 Å². The molecule has 0 aromatic heterocycles. The van der Waals surface area contributed by atoms with Crippen LogP contribution in [0.25, 0.3) is 0 Å². The van der Waals surface area contributed by atoms with Crippen LogP contribution < -0.4 is 0 Å². The molecule has 0 unspecified atom stereocenters. The summed E-state index contributed by atoms with van der Waals surface area (Å²) < 4.78 is 4.73. The quantitative estimate of drug-likeness (QED) is 0.405. The molecule has 0 fully saturated rings. The molecular weight excluding hydrogens is 187 g/mol. The molecule has 0 amide bonds. The summed E-state index contributed by atoms with van der Waals surface area (Å²) in [6, 6.07) is 0. The van der Waals surface area contributed by atoms with Gasteiger partial charge >= 0.3 is 0 Å². The maximum absolute atomic E-state index is 7.11. The van der Waals surface area contributed by atoms with E-state index in [0.717, 1.165) is 0 Å². The first-order chi connectivity index (χ1) is 5.20. The van der Waals surface area contributed by atoms with Crippen LogP contribution in [0.15, 0.2) is 0 Å². The fraction of sp³-hybridized carbons (Fsp3) is 0.667. The third kappa shape index (κ3) is 6.13. The van der Waals surface area contributed by atoms with Gasteiger partial charge in [0.15, 0.2) is 11.8 Å². The van der Waals surface area contributed by atoms with E-state index in [9.17, 15) is 0 Å². The molecule has 64 valence electrons. The number of nitrogens with one attached hydrogen (secondary N) is 2. The standard InChI is InChI=1S/C6H10Cl2N2O/c7-3-1-5(9)11-6(10)2-4-8/h9-10H,1-4H2. The van der Waals surface area contributed by atoms with Crippen LogP contribution in [0.1, 0.15) is 12.8 Å². The minimum Gasteiger partial charge on any atom is -0.430 e. The summed E-state index contributed by atoms with van der Waals surface area (Å²) in [6.45, 7) is 0. The van der Waals surface area contributed by atoms with Gasteiger partial charge in [-0.2, -0.15) is 0 Å². The van der Waals surface area contributed by atoms with Crippen LogP contribution in [0, 0.1) is 10.8 Å². The predicted molar refractivity (Wildman–Crippen MR) is 47.2 cm³/mol. The Morgan fingerprint density at radius 2 is 1.36 bits per heavy atom. The van der Waals surface area contributed by atoms with E-state index in [-0.39, 0.29) is 11.8 Å². The zero-order chi connectivity index (χ0) is 8.69. The van der Waals surface area contributed by atoms with Gasteiger partial charge < -0.3 is 4.74 Å². The topological polar surface area (TPSA) is 56.9 Å². The van der Waals surface area contributed by atoms with Gasteiger partial charge in [0.05, 0.1) is 0 Å². The fourth-order valence-corrected chi connectivity index (χ4v) is 0.766. The molecule has 3 nitrogen and oxygen atoms in total. The first-order valence-corrected chi connectivity index (χ1v) is 4.22. The van der Waals surface area contributed by atoms with Crippen molar-refractivity contribution in [3.05, 3.63) is 0 Å². The number of halogens is 2. The minimum absolute atomic E-state index is 0.0233. The lowest BCUT2D eigenvalue weighted by atomic mass is 10.4. The van der Waals surface area contributed by atoms with Crippen molar-refractivity contribution < 1.29 is 4.74 Å². The zero-order valence-corrected chi connectivity index (χ0v) is 7.50. The highest BCUT2D eigenvalue weighted by Crippen LogP contribution is 1.95. The van der Waals surface area contributed by atoms with Crippen molar-refractivity contribution in [3.63, 3.8) is 0 Å². The van der Waals surface area contributed by atoms with Gasteiger partial charge in [-0.15, -0.1) is 23.2 Å². The molecule has 0 aromatic carbocycles. The molecule has 0 aromatic rings. The van der Waals surface area contributed by atoms with Crippen molar-refractivity contribution in [1.82, 2.24) is 0 Å². The van der Waals surface area contributed by atoms with Crippen LogP contribution in [0.4, 0.5) is 0 Å². The SMILES string of the molecule is N=C(CCCl)OC(=N)CCCl. The van der Waals surface area contributed by atoms with Crippen LogP contribution in [-0.2, 0) is 4.74 Å². The largest absolute Gasteiger partial charge is 0.430 e. The maximum Gasteiger partial charge on any atom is 0.190 e. The second kappa shape index (κ2) is 6.43. The summed E-state index contributed by atoms with van der Waals surface area (Å²) in [7, 11) is 0. The normalized spacial score (nSPS) is 9.27. The Morgan fingerprint density at radius 1 is 1.00 bits per heavy atom. The van der Waals surface area contributed by atoms with Gasteiger partial charge in [-0.05, 0) is 0 Å². The number of hydrogen-bond donors (Lipinski definition) is 2. The molecule has 0 aliphatic carbocycles. The van der Waals surface area contributed by atoms with Crippen LogP contribution in [-0.4, -0.2) is 23.6 Å². The first-order valence-electron chi connectivity index (χ1n) is 3.15. The third-order valence-corrected chi connectivity index (χ3v) is 1.27. The van der Waals surface area contributed by atoms with Crippen molar-refractivity contribution >= 4 is 35.0 Å². The average Bonchev–Trinajstić information content (AvgIpc) is 1.87. The molecule has 0 saturated heterocycles. The van der Waals surface area contributed by atoms with E-state index in [1.165, 1.54) is 0 Å². The zero-order valence-electron chi connectivity index (χ0n) is 5.99. The molecule has 0 heterocycles. The molecule has 11 heavy (non-hydrogen) atoms. The smallest absolute Gasteiger partial charge is 0.190 e. The van der Waals surface area contributed by atoms with Gasteiger partial charge in [0.1, 0.15) is 0 Å². The highest BCUT2D eigenvalue weighted by Gasteiger charge is 2.01. The monoisotopic (exact) mass is 196 g/mol. The second-order valence-electron chi connectivity index (χ2n) is 1.83. The Bertz CT molecular complexity index is 134. The Labute approximate surface area is 75.7 Å². The van der Waals surface area contributed by atoms with Crippen molar-refractivity contribution in [2.24, 2.45) is 0 Å². The second-order valence-corrected chi connectivity index (χ2v) is 2.58. The number of ether oxygens (including phenoxy) is 1.